The molecule has 0 aliphatic heterocycles. The summed E-state index contributed by atoms with van der Waals surface area (Å²) in [5, 5.41) is 0. The first kappa shape index (κ1) is 12.0. The van der Waals surface area contributed by atoms with Gasteiger partial charge in [0.1, 0.15) is 11.3 Å². The van der Waals surface area contributed by atoms with Crippen molar-refractivity contribution >= 4 is 22.6 Å². The van der Waals surface area contributed by atoms with Gasteiger partial charge in [-0.15, -0.1) is 11.6 Å². The van der Waals surface area contributed by atoms with E-state index in [0.29, 0.717) is 17.8 Å². The fourth-order valence-electron chi connectivity index (χ4n) is 2.40. The largest absolute Gasteiger partial charge is 0.328 e. The monoisotopic (exact) mass is 266 g/mol. The van der Waals surface area contributed by atoms with Crippen LogP contribution in [-0.2, 0) is 13.0 Å². The van der Waals surface area contributed by atoms with E-state index in [9.17, 15) is 4.39 Å². The van der Waals surface area contributed by atoms with Gasteiger partial charge in [-0.2, -0.15) is 0 Å². The van der Waals surface area contributed by atoms with Crippen molar-refractivity contribution in [1.29, 1.82) is 0 Å². The molecule has 96 valence electrons. The highest BCUT2D eigenvalue weighted by Gasteiger charge is 2.22. The second kappa shape index (κ2) is 4.88. The number of rotatable bonds is 5. The first-order chi connectivity index (χ1) is 8.79. The highest BCUT2D eigenvalue weighted by molar-refractivity contribution is 6.17. The highest BCUT2D eigenvalue weighted by atomic mass is 35.5. The lowest BCUT2D eigenvalue weighted by Crippen LogP contribution is -2.05. The number of imidazole rings is 1. The molecule has 4 heteroatoms. The summed E-state index contributed by atoms with van der Waals surface area (Å²) in [4.78, 5) is 4.40. The number of benzene rings is 1. The van der Waals surface area contributed by atoms with Gasteiger partial charge in [0.15, 0.2) is 5.82 Å². The van der Waals surface area contributed by atoms with E-state index in [4.69, 9.17) is 11.6 Å². The fraction of sp³-hybridized carbons (Fsp3) is 0.500. The van der Waals surface area contributed by atoms with Gasteiger partial charge >= 0.3 is 0 Å². The average Bonchev–Trinajstić information content (AvgIpc) is 3.11. The van der Waals surface area contributed by atoms with Crippen LogP contribution in [0.3, 0.4) is 0 Å². The summed E-state index contributed by atoms with van der Waals surface area (Å²) in [6.45, 7) is 0.927. The van der Waals surface area contributed by atoms with Crippen molar-refractivity contribution < 1.29 is 4.39 Å². The minimum atomic E-state index is -0.242. The average molecular weight is 267 g/mol. The number of para-hydroxylation sites is 1. The highest BCUT2D eigenvalue weighted by Crippen LogP contribution is 2.33. The van der Waals surface area contributed by atoms with Crippen LogP contribution in [0.15, 0.2) is 18.2 Å². The van der Waals surface area contributed by atoms with E-state index in [1.807, 2.05) is 6.07 Å². The van der Waals surface area contributed by atoms with Crippen molar-refractivity contribution in [2.24, 2.45) is 5.92 Å². The van der Waals surface area contributed by atoms with Crippen molar-refractivity contribution in [2.45, 2.75) is 32.2 Å². The molecule has 0 spiro atoms. The summed E-state index contributed by atoms with van der Waals surface area (Å²) in [5.41, 5.74) is 1.38. The lowest BCUT2D eigenvalue weighted by atomic mass is 10.2. The Morgan fingerprint density at radius 1 is 1.39 bits per heavy atom. The quantitative estimate of drug-likeness (QED) is 0.754. The maximum absolute atomic E-state index is 13.7. The van der Waals surface area contributed by atoms with E-state index in [1.165, 1.54) is 18.9 Å². The van der Waals surface area contributed by atoms with Crippen LogP contribution in [0, 0.1) is 11.7 Å². The molecule has 1 fully saturated rings. The predicted octanol–water partition coefficient (Wildman–Crippen LogP) is 3.76. The van der Waals surface area contributed by atoms with Crippen LogP contribution in [0.5, 0.6) is 0 Å². The number of nitrogens with zero attached hydrogens (tertiary/aromatic N) is 2. The van der Waals surface area contributed by atoms with E-state index < -0.39 is 0 Å². The molecular weight excluding hydrogens is 251 g/mol. The van der Waals surface area contributed by atoms with Crippen LogP contribution in [0.4, 0.5) is 4.39 Å². The van der Waals surface area contributed by atoms with Crippen LogP contribution in [0.25, 0.3) is 11.0 Å². The molecule has 1 saturated carbocycles. The summed E-state index contributed by atoms with van der Waals surface area (Å²) >= 11 is 5.80. The second-order valence-corrected chi connectivity index (χ2v) is 5.34. The Morgan fingerprint density at radius 2 is 2.22 bits per heavy atom. The van der Waals surface area contributed by atoms with Gasteiger partial charge in [-0.25, -0.2) is 9.37 Å². The Hall–Kier alpha value is -1.09. The van der Waals surface area contributed by atoms with E-state index in [-0.39, 0.29) is 5.82 Å². The van der Waals surface area contributed by atoms with Gasteiger partial charge in [-0.1, -0.05) is 18.9 Å². The standard InChI is InChI=1S/C14H16ClFN2/c15-8-6-13-17-14-11(16)2-1-3-12(14)18(13)9-7-10-4-5-10/h1-3,10H,4-9H2. The third-order valence-electron chi connectivity index (χ3n) is 3.58. The Morgan fingerprint density at radius 3 is 2.94 bits per heavy atom. The second-order valence-electron chi connectivity index (χ2n) is 4.96. The van der Waals surface area contributed by atoms with Gasteiger partial charge in [-0.3, -0.25) is 0 Å². The van der Waals surface area contributed by atoms with Gasteiger partial charge in [0.25, 0.3) is 0 Å². The summed E-state index contributed by atoms with van der Waals surface area (Å²) in [6.07, 6.45) is 4.54. The summed E-state index contributed by atoms with van der Waals surface area (Å²) in [6, 6.07) is 5.15. The number of fused-ring (bicyclic) bond motifs is 1. The molecule has 0 radical (unpaired) electrons. The van der Waals surface area contributed by atoms with Gasteiger partial charge in [0.05, 0.1) is 5.52 Å². The van der Waals surface area contributed by atoms with Crippen LogP contribution in [0.1, 0.15) is 25.1 Å². The van der Waals surface area contributed by atoms with Crippen molar-refractivity contribution in [2.75, 3.05) is 5.88 Å². The molecule has 1 aromatic heterocycles. The Kier molecular flexibility index (Phi) is 3.25. The van der Waals surface area contributed by atoms with Gasteiger partial charge in [-0.05, 0) is 24.5 Å². The predicted molar refractivity (Wildman–Crippen MR) is 71.5 cm³/mol. The van der Waals surface area contributed by atoms with Crippen molar-refractivity contribution in [3.05, 3.63) is 29.8 Å². The van der Waals surface area contributed by atoms with E-state index in [1.54, 1.807) is 6.07 Å². The van der Waals surface area contributed by atoms with Crippen LogP contribution in [0.2, 0.25) is 0 Å². The first-order valence-corrected chi connectivity index (χ1v) is 7.02. The minimum absolute atomic E-state index is 0.242. The molecule has 1 heterocycles. The molecule has 2 aromatic rings. The number of hydrogen-bond donors (Lipinski definition) is 0. The molecule has 0 unspecified atom stereocenters. The maximum atomic E-state index is 13.7. The number of aromatic nitrogens is 2. The molecule has 18 heavy (non-hydrogen) atoms. The third kappa shape index (κ3) is 2.24. The number of hydrogen-bond acceptors (Lipinski definition) is 1. The lowest BCUT2D eigenvalue weighted by Gasteiger charge is -2.07. The summed E-state index contributed by atoms with van der Waals surface area (Å²) in [5.74, 6) is 2.05. The Labute approximate surface area is 111 Å². The van der Waals surface area contributed by atoms with Crippen LogP contribution in [-0.4, -0.2) is 15.4 Å². The Bertz CT molecular complexity index is 560. The molecule has 1 aliphatic carbocycles. The smallest absolute Gasteiger partial charge is 0.151 e. The summed E-state index contributed by atoms with van der Waals surface area (Å²) in [7, 11) is 0. The number of aryl methyl sites for hydroxylation is 2. The lowest BCUT2D eigenvalue weighted by molar-refractivity contribution is 0.588. The first-order valence-electron chi connectivity index (χ1n) is 6.49. The number of alkyl halides is 1. The maximum Gasteiger partial charge on any atom is 0.151 e. The topological polar surface area (TPSA) is 17.8 Å². The van der Waals surface area contributed by atoms with Crippen molar-refractivity contribution in [3.8, 4) is 0 Å². The van der Waals surface area contributed by atoms with Gasteiger partial charge in [0, 0.05) is 18.8 Å². The molecule has 0 saturated heterocycles. The molecule has 1 aromatic carbocycles. The van der Waals surface area contributed by atoms with Crippen molar-refractivity contribution in [3.63, 3.8) is 0 Å². The number of halogens is 2. The molecule has 1 aliphatic rings. The molecular formula is C14H16ClFN2. The van der Waals surface area contributed by atoms with E-state index in [0.717, 1.165) is 30.2 Å². The fourth-order valence-corrected chi connectivity index (χ4v) is 2.57. The SMILES string of the molecule is Fc1cccc2c1nc(CCCl)n2CCC1CC1. The van der Waals surface area contributed by atoms with Gasteiger partial charge in [0.2, 0.25) is 0 Å². The summed E-state index contributed by atoms with van der Waals surface area (Å²) < 4.78 is 15.9. The van der Waals surface area contributed by atoms with Gasteiger partial charge < -0.3 is 4.57 Å². The Balaban J connectivity index is 2.00. The third-order valence-corrected chi connectivity index (χ3v) is 3.77. The molecule has 3 rings (SSSR count). The zero-order valence-electron chi connectivity index (χ0n) is 10.2. The molecule has 0 atom stereocenters. The van der Waals surface area contributed by atoms with E-state index in [2.05, 4.69) is 9.55 Å². The zero-order valence-corrected chi connectivity index (χ0v) is 11.0. The normalized spacial score (nSPS) is 15.4. The molecule has 0 N–H and O–H groups in total. The van der Waals surface area contributed by atoms with Crippen LogP contribution >= 0.6 is 11.6 Å². The molecule has 2 nitrogen and oxygen atoms in total. The van der Waals surface area contributed by atoms with Crippen LogP contribution < -0.4 is 0 Å². The molecule has 0 bridgehead atoms. The zero-order chi connectivity index (χ0) is 12.5. The molecule has 0 amide bonds. The van der Waals surface area contributed by atoms with Crippen molar-refractivity contribution in [1.82, 2.24) is 9.55 Å². The van der Waals surface area contributed by atoms with E-state index >= 15 is 0 Å². The minimum Gasteiger partial charge on any atom is -0.328 e.